The van der Waals surface area contributed by atoms with Crippen LogP contribution in [0.5, 0.6) is 0 Å². The van der Waals surface area contributed by atoms with Gasteiger partial charge in [0.15, 0.2) is 0 Å². The van der Waals surface area contributed by atoms with Crippen LogP contribution in [0.3, 0.4) is 0 Å². The SMILES string of the molecule is CCC(CNC(=O)N1CCC(O)C1)CC(=O)O. The van der Waals surface area contributed by atoms with Crippen molar-refractivity contribution in [2.45, 2.75) is 32.3 Å². The molecule has 3 N–H and O–H groups in total. The Balaban J connectivity index is 2.28. The number of likely N-dealkylation sites (tertiary alicyclic amines) is 1. The molecule has 1 heterocycles. The zero-order valence-electron chi connectivity index (χ0n) is 10.1. The van der Waals surface area contributed by atoms with Crippen LogP contribution in [0, 0.1) is 5.92 Å². The Hall–Kier alpha value is -1.30. The fourth-order valence-electron chi connectivity index (χ4n) is 1.88. The molecule has 6 nitrogen and oxygen atoms in total. The summed E-state index contributed by atoms with van der Waals surface area (Å²) in [4.78, 5) is 23.8. The molecule has 1 saturated heterocycles. The van der Waals surface area contributed by atoms with Gasteiger partial charge in [-0.3, -0.25) is 4.79 Å². The van der Waals surface area contributed by atoms with Crippen molar-refractivity contribution in [2.24, 2.45) is 5.92 Å². The van der Waals surface area contributed by atoms with Crippen LogP contribution in [-0.2, 0) is 4.79 Å². The Morgan fingerprint density at radius 1 is 1.53 bits per heavy atom. The molecule has 1 aliphatic heterocycles. The van der Waals surface area contributed by atoms with E-state index in [-0.39, 0.29) is 18.4 Å². The standard InChI is InChI=1S/C11H20N2O4/c1-2-8(5-10(15)16)6-12-11(17)13-4-3-9(14)7-13/h8-9,14H,2-7H2,1H3,(H,12,17)(H,15,16). The molecule has 6 heteroatoms. The van der Waals surface area contributed by atoms with E-state index >= 15 is 0 Å². The zero-order valence-corrected chi connectivity index (χ0v) is 10.1. The Labute approximate surface area is 101 Å². The van der Waals surface area contributed by atoms with Crippen molar-refractivity contribution in [1.29, 1.82) is 0 Å². The van der Waals surface area contributed by atoms with E-state index in [2.05, 4.69) is 5.32 Å². The lowest BCUT2D eigenvalue weighted by atomic mass is 10.0. The number of amides is 2. The summed E-state index contributed by atoms with van der Waals surface area (Å²) in [5, 5.41) is 20.7. The minimum Gasteiger partial charge on any atom is -0.481 e. The highest BCUT2D eigenvalue weighted by Gasteiger charge is 2.24. The van der Waals surface area contributed by atoms with Crippen LogP contribution >= 0.6 is 0 Å². The van der Waals surface area contributed by atoms with Crippen molar-refractivity contribution >= 4 is 12.0 Å². The maximum absolute atomic E-state index is 11.7. The molecule has 0 aromatic heterocycles. The van der Waals surface area contributed by atoms with Crippen molar-refractivity contribution < 1.29 is 19.8 Å². The topological polar surface area (TPSA) is 89.9 Å². The van der Waals surface area contributed by atoms with E-state index in [0.29, 0.717) is 26.1 Å². The maximum Gasteiger partial charge on any atom is 0.317 e. The van der Waals surface area contributed by atoms with Crippen LogP contribution in [0.4, 0.5) is 4.79 Å². The summed E-state index contributed by atoms with van der Waals surface area (Å²) in [6.45, 7) is 3.19. The summed E-state index contributed by atoms with van der Waals surface area (Å²) in [5.74, 6) is -0.883. The first-order valence-electron chi connectivity index (χ1n) is 5.95. The van der Waals surface area contributed by atoms with Gasteiger partial charge >= 0.3 is 12.0 Å². The van der Waals surface area contributed by atoms with E-state index in [1.165, 1.54) is 0 Å². The number of nitrogens with one attached hydrogen (secondary N) is 1. The molecule has 0 aromatic rings. The number of rotatable bonds is 5. The quantitative estimate of drug-likeness (QED) is 0.647. The minimum atomic E-state index is -0.845. The average molecular weight is 244 g/mol. The van der Waals surface area contributed by atoms with E-state index in [1.54, 1.807) is 4.90 Å². The number of β-amino-alcohol motifs (C(OH)–C–C–N with tert-alkyl or cyclic N) is 1. The van der Waals surface area contributed by atoms with E-state index in [0.717, 1.165) is 6.42 Å². The van der Waals surface area contributed by atoms with E-state index in [4.69, 9.17) is 5.11 Å². The van der Waals surface area contributed by atoms with Crippen LogP contribution in [0.15, 0.2) is 0 Å². The number of hydrogen-bond acceptors (Lipinski definition) is 3. The number of urea groups is 1. The lowest BCUT2D eigenvalue weighted by Crippen LogP contribution is -2.41. The summed E-state index contributed by atoms with van der Waals surface area (Å²) in [6, 6.07) is -0.217. The zero-order chi connectivity index (χ0) is 12.8. The number of carboxylic acids is 1. The van der Waals surface area contributed by atoms with Gasteiger partial charge in [-0.05, 0) is 12.3 Å². The lowest BCUT2D eigenvalue weighted by Gasteiger charge is -2.19. The Kier molecular flexibility index (Phi) is 5.21. The van der Waals surface area contributed by atoms with Gasteiger partial charge in [-0.25, -0.2) is 4.79 Å². The fraction of sp³-hybridized carbons (Fsp3) is 0.818. The Morgan fingerprint density at radius 2 is 2.24 bits per heavy atom. The van der Waals surface area contributed by atoms with Gasteiger partial charge in [-0.2, -0.15) is 0 Å². The number of nitrogens with zero attached hydrogens (tertiary/aromatic N) is 1. The number of hydrogen-bond donors (Lipinski definition) is 3. The Bertz CT molecular complexity index is 283. The maximum atomic E-state index is 11.7. The second-order valence-electron chi connectivity index (χ2n) is 4.45. The largest absolute Gasteiger partial charge is 0.481 e. The molecule has 0 aromatic carbocycles. The van der Waals surface area contributed by atoms with Gasteiger partial charge in [0.25, 0.3) is 0 Å². The molecule has 0 saturated carbocycles. The van der Waals surface area contributed by atoms with E-state index in [9.17, 15) is 14.7 Å². The highest BCUT2D eigenvalue weighted by atomic mass is 16.4. The predicted octanol–water partition coefficient (Wildman–Crippen LogP) is 0.263. The number of carboxylic acid groups (broad SMARTS) is 1. The molecule has 0 aliphatic carbocycles. The number of aliphatic hydroxyl groups excluding tert-OH is 1. The summed E-state index contributed by atoms with van der Waals surface area (Å²) in [5.41, 5.74) is 0. The van der Waals surface area contributed by atoms with Crippen LogP contribution in [0.2, 0.25) is 0 Å². The molecule has 0 spiro atoms. The highest BCUT2D eigenvalue weighted by molar-refractivity contribution is 5.74. The van der Waals surface area contributed by atoms with Gasteiger partial charge in [-0.1, -0.05) is 13.3 Å². The first-order valence-corrected chi connectivity index (χ1v) is 5.95. The van der Waals surface area contributed by atoms with E-state index < -0.39 is 12.1 Å². The molecule has 2 atom stereocenters. The van der Waals surface area contributed by atoms with Gasteiger partial charge in [0.1, 0.15) is 0 Å². The van der Waals surface area contributed by atoms with Crippen molar-refractivity contribution in [2.75, 3.05) is 19.6 Å². The second kappa shape index (κ2) is 6.44. The molecule has 2 unspecified atom stereocenters. The number of carbonyl (C=O) groups excluding carboxylic acids is 1. The van der Waals surface area contributed by atoms with Crippen molar-refractivity contribution in [1.82, 2.24) is 10.2 Å². The average Bonchev–Trinajstić information content (AvgIpc) is 2.70. The smallest absolute Gasteiger partial charge is 0.317 e. The summed E-state index contributed by atoms with van der Waals surface area (Å²) < 4.78 is 0. The minimum absolute atomic E-state index is 0.0380. The molecule has 17 heavy (non-hydrogen) atoms. The van der Waals surface area contributed by atoms with Crippen molar-refractivity contribution in [3.63, 3.8) is 0 Å². The van der Waals surface area contributed by atoms with Crippen LogP contribution < -0.4 is 5.32 Å². The monoisotopic (exact) mass is 244 g/mol. The normalized spacial score (nSPS) is 21.3. The van der Waals surface area contributed by atoms with E-state index in [1.807, 2.05) is 6.92 Å². The third kappa shape index (κ3) is 4.60. The first kappa shape index (κ1) is 13.8. The lowest BCUT2D eigenvalue weighted by molar-refractivity contribution is -0.138. The third-order valence-electron chi connectivity index (χ3n) is 3.03. The first-order chi connectivity index (χ1) is 8.02. The predicted molar refractivity (Wildman–Crippen MR) is 61.6 cm³/mol. The number of aliphatic carboxylic acids is 1. The molecule has 1 fully saturated rings. The highest BCUT2D eigenvalue weighted by Crippen LogP contribution is 2.10. The molecule has 1 rings (SSSR count). The summed E-state index contributed by atoms with van der Waals surface area (Å²) >= 11 is 0. The second-order valence-corrected chi connectivity index (χ2v) is 4.45. The van der Waals surface area contributed by atoms with Gasteiger partial charge in [0.2, 0.25) is 0 Å². The van der Waals surface area contributed by atoms with Crippen LogP contribution in [0.1, 0.15) is 26.2 Å². The summed E-state index contributed by atoms with van der Waals surface area (Å²) in [7, 11) is 0. The fourth-order valence-corrected chi connectivity index (χ4v) is 1.88. The molecule has 0 bridgehead atoms. The van der Waals surface area contributed by atoms with Crippen molar-refractivity contribution in [3.05, 3.63) is 0 Å². The summed E-state index contributed by atoms with van der Waals surface area (Å²) in [6.07, 6.45) is 0.968. The van der Waals surface area contributed by atoms with Gasteiger partial charge in [-0.15, -0.1) is 0 Å². The molecule has 2 amide bonds. The number of carbonyl (C=O) groups is 2. The molecular formula is C11H20N2O4. The van der Waals surface area contributed by atoms with Crippen LogP contribution in [0.25, 0.3) is 0 Å². The molecular weight excluding hydrogens is 224 g/mol. The van der Waals surface area contributed by atoms with Gasteiger partial charge in [0, 0.05) is 26.1 Å². The molecule has 0 radical (unpaired) electrons. The van der Waals surface area contributed by atoms with Crippen LogP contribution in [-0.4, -0.2) is 52.9 Å². The molecule has 98 valence electrons. The number of aliphatic hydroxyl groups is 1. The van der Waals surface area contributed by atoms with Gasteiger partial charge in [0.05, 0.1) is 6.10 Å². The Morgan fingerprint density at radius 3 is 2.71 bits per heavy atom. The molecule has 1 aliphatic rings. The van der Waals surface area contributed by atoms with Gasteiger partial charge < -0.3 is 20.4 Å². The van der Waals surface area contributed by atoms with Crippen molar-refractivity contribution in [3.8, 4) is 0 Å². The third-order valence-corrected chi connectivity index (χ3v) is 3.03.